The van der Waals surface area contributed by atoms with Gasteiger partial charge < -0.3 is 10.4 Å². The lowest BCUT2D eigenvalue weighted by molar-refractivity contribution is 0.230. The molecule has 2 N–H and O–H groups in total. The molecular formula is C10H12FNO. The molecule has 1 atom stereocenters. The normalized spacial score (nSPS) is 20.6. The molecule has 2 rings (SSSR count). The van der Waals surface area contributed by atoms with Gasteiger partial charge in [0, 0.05) is 19.1 Å². The Labute approximate surface area is 76.4 Å². The van der Waals surface area contributed by atoms with E-state index >= 15 is 0 Å². The first-order valence-corrected chi connectivity index (χ1v) is 4.43. The van der Waals surface area contributed by atoms with Crippen molar-refractivity contribution in [2.75, 3.05) is 18.5 Å². The second kappa shape index (κ2) is 3.34. The van der Waals surface area contributed by atoms with Crippen LogP contribution in [0.1, 0.15) is 5.56 Å². The number of hydrogen-bond donors (Lipinski definition) is 2. The summed E-state index contributed by atoms with van der Waals surface area (Å²) in [6, 6.07) is 5.05. The van der Waals surface area contributed by atoms with Crippen molar-refractivity contribution in [3.8, 4) is 0 Å². The number of aliphatic hydroxyl groups is 1. The summed E-state index contributed by atoms with van der Waals surface area (Å²) in [5.74, 6) is 0.0168. The van der Waals surface area contributed by atoms with E-state index in [1.807, 2.05) is 6.07 Å². The maximum absolute atomic E-state index is 13.2. The minimum absolute atomic E-state index is 0.156. The molecule has 0 spiro atoms. The number of nitrogens with one attached hydrogen (secondary N) is 1. The fourth-order valence-corrected chi connectivity index (χ4v) is 1.70. The standard InChI is InChI=1S/C10H12FNO/c11-9-3-1-2-8-4-7(6-13)5-12-10(8)9/h1-3,7,12-13H,4-6H2/t7-/m0/s1. The number of rotatable bonds is 1. The Hall–Kier alpha value is -1.09. The smallest absolute Gasteiger partial charge is 0.146 e. The summed E-state index contributed by atoms with van der Waals surface area (Å²) in [5.41, 5.74) is 1.57. The van der Waals surface area contributed by atoms with Gasteiger partial charge in [-0.1, -0.05) is 12.1 Å². The topological polar surface area (TPSA) is 32.3 Å². The van der Waals surface area contributed by atoms with Gasteiger partial charge in [-0.3, -0.25) is 0 Å². The monoisotopic (exact) mass is 181 g/mol. The van der Waals surface area contributed by atoms with Gasteiger partial charge in [0.25, 0.3) is 0 Å². The molecule has 3 heteroatoms. The largest absolute Gasteiger partial charge is 0.396 e. The minimum Gasteiger partial charge on any atom is -0.396 e. The predicted molar refractivity (Wildman–Crippen MR) is 49.2 cm³/mol. The van der Waals surface area contributed by atoms with Crippen LogP contribution in [-0.2, 0) is 6.42 Å². The highest BCUT2D eigenvalue weighted by Gasteiger charge is 2.19. The van der Waals surface area contributed by atoms with Crippen LogP contribution < -0.4 is 5.32 Å². The molecule has 13 heavy (non-hydrogen) atoms. The van der Waals surface area contributed by atoms with Crippen molar-refractivity contribution in [1.29, 1.82) is 0 Å². The molecular weight excluding hydrogens is 169 g/mol. The molecule has 0 aromatic heterocycles. The molecule has 0 saturated heterocycles. The highest BCUT2D eigenvalue weighted by atomic mass is 19.1. The first kappa shape index (κ1) is 8.51. The molecule has 1 aromatic rings. The van der Waals surface area contributed by atoms with Crippen LogP contribution in [0.3, 0.4) is 0 Å². The molecule has 1 heterocycles. The fraction of sp³-hybridized carbons (Fsp3) is 0.400. The summed E-state index contributed by atoms with van der Waals surface area (Å²) in [6.45, 7) is 0.813. The quantitative estimate of drug-likeness (QED) is 0.686. The molecule has 1 aliphatic heterocycles. The first-order chi connectivity index (χ1) is 6.31. The van der Waals surface area contributed by atoms with E-state index < -0.39 is 0 Å². The zero-order valence-electron chi connectivity index (χ0n) is 7.26. The predicted octanol–water partition coefficient (Wildman–Crippen LogP) is 1.40. The summed E-state index contributed by atoms with van der Waals surface area (Å²) in [6.07, 6.45) is 0.761. The summed E-state index contributed by atoms with van der Waals surface area (Å²) in [5, 5.41) is 11.9. The molecule has 1 aromatic carbocycles. The van der Waals surface area contributed by atoms with E-state index in [2.05, 4.69) is 5.32 Å². The van der Waals surface area contributed by atoms with Gasteiger partial charge in [-0.2, -0.15) is 0 Å². The number of para-hydroxylation sites is 1. The number of fused-ring (bicyclic) bond motifs is 1. The Kier molecular flexibility index (Phi) is 2.19. The van der Waals surface area contributed by atoms with Gasteiger partial charge in [0.05, 0.1) is 5.69 Å². The number of hydrogen-bond acceptors (Lipinski definition) is 2. The van der Waals surface area contributed by atoms with E-state index in [0.29, 0.717) is 12.2 Å². The van der Waals surface area contributed by atoms with Crippen LogP contribution in [0.15, 0.2) is 18.2 Å². The second-order valence-electron chi connectivity index (χ2n) is 3.41. The summed E-state index contributed by atoms with van der Waals surface area (Å²) >= 11 is 0. The van der Waals surface area contributed by atoms with Crippen LogP contribution in [0.5, 0.6) is 0 Å². The lowest BCUT2D eigenvalue weighted by atomic mass is 9.94. The van der Waals surface area contributed by atoms with Crippen molar-refractivity contribution in [2.24, 2.45) is 5.92 Å². The van der Waals surface area contributed by atoms with E-state index in [1.165, 1.54) is 6.07 Å². The van der Waals surface area contributed by atoms with Crippen molar-refractivity contribution in [1.82, 2.24) is 0 Å². The average Bonchev–Trinajstić information content (AvgIpc) is 2.18. The molecule has 0 unspecified atom stereocenters. The van der Waals surface area contributed by atoms with Crippen LogP contribution in [0, 0.1) is 11.7 Å². The van der Waals surface area contributed by atoms with Gasteiger partial charge in [0.1, 0.15) is 5.82 Å². The van der Waals surface area contributed by atoms with E-state index in [-0.39, 0.29) is 18.3 Å². The summed E-state index contributed by atoms with van der Waals surface area (Å²) in [4.78, 5) is 0. The first-order valence-electron chi connectivity index (χ1n) is 4.43. The molecule has 0 bridgehead atoms. The van der Waals surface area contributed by atoms with Crippen molar-refractivity contribution in [3.05, 3.63) is 29.6 Å². The maximum Gasteiger partial charge on any atom is 0.146 e. The number of aliphatic hydroxyl groups excluding tert-OH is 1. The molecule has 0 aliphatic carbocycles. The number of anilines is 1. The third-order valence-corrected chi connectivity index (χ3v) is 2.43. The Morgan fingerprint density at radius 2 is 2.38 bits per heavy atom. The molecule has 70 valence electrons. The lowest BCUT2D eigenvalue weighted by Gasteiger charge is -2.24. The van der Waals surface area contributed by atoms with Gasteiger partial charge in [0.2, 0.25) is 0 Å². The van der Waals surface area contributed by atoms with E-state index in [1.54, 1.807) is 6.07 Å². The van der Waals surface area contributed by atoms with Gasteiger partial charge in [-0.05, 0) is 18.1 Å². The maximum atomic E-state index is 13.2. The Morgan fingerprint density at radius 1 is 1.54 bits per heavy atom. The average molecular weight is 181 g/mol. The Balaban J connectivity index is 2.31. The molecule has 0 radical (unpaired) electrons. The van der Waals surface area contributed by atoms with Crippen molar-refractivity contribution >= 4 is 5.69 Å². The molecule has 2 nitrogen and oxygen atoms in total. The van der Waals surface area contributed by atoms with Gasteiger partial charge in [-0.15, -0.1) is 0 Å². The highest BCUT2D eigenvalue weighted by molar-refractivity contribution is 5.54. The second-order valence-corrected chi connectivity index (χ2v) is 3.41. The van der Waals surface area contributed by atoms with Gasteiger partial charge in [0.15, 0.2) is 0 Å². The third kappa shape index (κ3) is 1.52. The van der Waals surface area contributed by atoms with Crippen molar-refractivity contribution in [2.45, 2.75) is 6.42 Å². The third-order valence-electron chi connectivity index (χ3n) is 2.43. The number of halogens is 1. The zero-order chi connectivity index (χ0) is 9.26. The van der Waals surface area contributed by atoms with Crippen LogP contribution in [-0.4, -0.2) is 18.3 Å². The highest BCUT2D eigenvalue weighted by Crippen LogP contribution is 2.26. The van der Waals surface area contributed by atoms with E-state index in [4.69, 9.17) is 5.11 Å². The van der Waals surface area contributed by atoms with E-state index in [9.17, 15) is 4.39 Å². The van der Waals surface area contributed by atoms with Gasteiger partial charge >= 0.3 is 0 Å². The number of benzene rings is 1. The van der Waals surface area contributed by atoms with Crippen LogP contribution in [0.4, 0.5) is 10.1 Å². The van der Waals surface area contributed by atoms with Gasteiger partial charge in [-0.25, -0.2) is 4.39 Å². The van der Waals surface area contributed by atoms with E-state index in [0.717, 1.165) is 12.0 Å². The fourth-order valence-electron chi connectivity index (χ4n) is 1.70. The molecule has 1 aliphatic rings. The summed E-state index contributed by atoms with van der Waals surface area (Å²) < 4.78 is 13.2. The lowest BCUT2D eigenvalue weighted by Crippen LogP contribution is -2.26. The minimum atomic E-state index is -0.200. The molecule has 0 saturated carbocycles. The molecule has 0 fully saturated rings. The molecule has 0 amide bonds. The Morgan fingerprint density at radius 3 is 3.15 bits per heavy atom. The van der Waals surface area contributed by atoms with Crippen LogP contribution in [0.25, 0.3) is 0 Å². The summed E-state index contributed by atoms with van der Waals surface area (Å²) in [7, 11) is 0. The Bertz CT molecular complexity index is 314. The van der Waals surface area contributed by atoms with Crippen molar-refractivity contribution < 1.29 is 9.50 Å². The van der Waals surface area contributed by atoms with Crippen LogP contribution in [0.2, 0.25) is 0 Å². The van der Waals surface area contributed by atoms with Crippen LogP contribution >= 0.6 is 0 Å². The SMILES string of the molecule is OC[C@@H]1CNc2c(F)cccc2C1. The van der Waals surface area contributed by atoms with Crippen molar-refractivity contribution in [3.63, 3.8) is 0 Å². The zero-order valence-corrected chi connectivity index (χ0v) is 7.26.